The molecule has 388 valence electrons. The first-order valence-electron chi connectivity index (χ1n) is 25.6. The summed E-state index contributed by atoms with van der Waals surface area (Å²) in [5, 5.41) is 6.52. The van der Waals surface area contributed by atoms with Crippen LogP contribution in [0, 0.1) is 24.7 Å². The van der Waals surface area contributed by atoms with Crippen LogP contribution in [0.1, 0.15) is 60.8 Å². The van der Waals surface area contributed by atoms with E-state index in [2.05, 4.69) is 29.7 Å². The number of rotatable bonds is 18. The molecule has 0 aliphatic carbocycles. The normalized spacial score (nSPS) is 17.1. The molecule has 4 aliphatic heterocycles. The summed E-state index contributed by atoms with van der Waals surface area (Å²) < 4.78 is 35.2. The molecule has 74 heavy (non-hydrogen) atoms. The summed E-state index contributed by atoms with van der Waals surface area (Å²) in [6, 6.07) is 20.4. The number of carbonyl (C=O) groups is 1. The Bertz CT molecular complexity index is 3060. The van der Waals surface area contributed by atoms with Gasteiger partial charge in [0.05, 0.1) is 72.2 Å². The lowest BCUT2D eigenvalue weighted by atomic mass is 9.77. The SMILES string of the molecule is Cc1cc2c(Oc3ccc(CC(=O)Cc4ccsc4)c(Cl)c3)ncnc2cc1OCCCN1CCC2(CC1)COC2.Cc1cc2c(Oc3ccc(N)c(Cl)c3)ncnc2cc1OCCCN1CCC2(CC1)COC2. The fourth-order valence-corrected chi connectivity index (χ4v) is 11.1. The standard InChI is InChI=1S/C32H34ClN3O4S.C25H29ClN4O3/c1-22-13-27-29(17-30(22)39-11-2-8-36-9-6-32(7-10-36)19-38-20-32)34-21-35-31(27)40-26-4-3-24(28(33)16-26)15-25(37)14-23-5-12-41-18-23;1-17-11-19-22(28-16-29-24(19)33-18-3-4-21(27)20(26)12-18)13-23(17)32-10-2-7-30-8-5-25(6-9-30)14-31-15-25/h3-5,12-13,16-18,21H,2,6-11,14-15,19-20H2,1H3;3-4,11-13,16H,2,5-10,14-15,27H2,1H3. The number of Topliss-reactive ketones (excluding diaryl/α,β-unsaturated/α-hetero) is 1. The Morgan fingerprint density at radius 2 is 1.18 bits per heavy atom. The second kappa shape index (κ2) is 23.5. The molecule has 7 heterocycles. The molecule has 2 spiro atoms. The van der Waals surface area contributed by atoms with E-state index >= 15 is 0 Å². The predicted molar refractivity (Wildman–Crippen MR) is 291 cm³/mol. The lowest BCUT2D eigenvalue weighted by Crippen LogP contribution is -2.51. The first-order valence-corrected chi connectivity index (χ1v) is 27.3. The molecule has 4 fully saturated rings. The highest BCUT2D eigenvalue weighted by Gasteiger charge is 2.42. The molecule has 2 N–H and O–H groups in total. The minimum Gasteiger partial charge on any atom is -0.493 e. The van der Waals surface area contributed by atoms with Crippen molar-refractivity contribution in [2.75, 3.05) is 84.6 Å². The van der Waals surface area contributed by atoms with Crippen LogP contribution in [0.4, 0.5) is 5.69 Å². The van der Waals surface area contributed by atoms with E-state index in [1.165, 1.54) is 38.3 Å². The number of piperidine rings is 2. The van der Waals surface area contributed by atoms with Crippen molar-refractivity contribution >= 4 is 67.8 Å². The summed E-state index contributed by atoms with van der Waals surface area (Å²) in [4.78, 5) is 35.1. The van der Waals surface area contributed by atoms with E-state index < -0.39 is 0 Å². The van der Waals surface area contributed by atoms with Gasteiger partial charge in [0.25, 0.3) is 0 Å². The van der Waals surface area contributed by atoms with Gasteiger partial charge in [-0.2, -0.15) is 11.3 Å². The van der Waals surface area contributed by atoms with Crippen LogP contribution in [0.5, 0.6) is 34.8 Å². The first-order chi connectivity index (χ1) is 36.0. The smallest absolute Gasteiger partial charge is 0.230 e. The fraction of sp³-hybridized carbons (Fsp3) is 0.421. The Morgan fingerprint density at radius 1 is 0.662 bits per heavy atom. The van der Waals surface area contributed by atoms with Crippen molar-refractivity contribution < 1.29 is 33.2 Å². The van der Waals surface area contributed by atoms with Gasteiger partial charge in [-0.25, -0.2) is 19.9 Å². The summed E-state index contributed by atoms with van der Waals surface area (Å²) in [6.45, 7) is 15.9. The maximum atomic E-state index is 12.5. The third kappa shape index (κ3) is 12.7. The van der Waals surface area contributed by atoms with E-state index in [9.17, 15) is 4.79 Å². The number of benzene rings is 4. The van der Waals surface area contributed by atoms with E-state index in [0.717, 1.165) is 134 Å². The highest BCUT2D eigenvalue weighted by Crippen LogP contribution is 2.40. The number of ether oxygens (including phenoxy) is 6. The molecule has 0 bridgehead atoms. The topological polar surface area (TPSA) is 157 Å². The zero-order valence-electron chi connectivity index (χ0n) is 42.1. The molecule has 14 nitrogen and oxygen atoms in total. The molecule has 11 rings (SSSR count). The van der Waals surface area contributed by atoms with Crippen LogP contribution in [0.3, 0.4) is 0 Å². The summed E-state index contributed by atoms with van der Waals surface area (Å²) in [5.74, 6) is 3.82. The van der Waals surface area contributed by atoms with Crippen molar-refractivity contribution in [3.05, 3.63) is 122 Å². The largest absolute Gasteiger partial charge is 0.493 e. The number of anilines is 1. The van der Waals surface area contributed by atoms with Gasteiger partial charge in [-0.15, -0.1) is 0 Å². The average Bonchev–Trinajstić information content (AvgIpc) is 3.89. The van der Waals surface area contributed by atoms with Crippen molar-refractivity contribution in [2.24, 2.45) is 10.8 Å². The van der Waals surface area contributed by atoms with E-state index in [1.807, 2.05) is 67.1 Å². The van der Waals surface area contributed by atoms with Crippen LogP contribution in [0.25, 0.3) is 21.8 Å². The van der Waals surface area contributed by atoms with Gasteiger partial charge in [0, 0.05) is 60.0 Å². The Hall–Kier alpha value is -5.65. The summed E-state index contributed by atoms with van der Waals surface area (Å²) >= 11 is 14.2. The summed E-state index contributed by atoms with van der Waals surface area (Å²) in [5.41, 5.74) is 12.6. The zero-order valence-corrected chi connectivity index (χ0v) is 44.4. The van der Waals surface area contributed by atoms with Gasteiger partial charge >= 0.3 is 0 Å². The Balaban J connectivity index is 0.000000173. The van der Waals surface area contributed by atoms with Crippen LogP contribution >= 0.6 is 34.5 Å². The molecule has 3 aromatic heterocycles. The number of hydrogen-bond acceptors (Lipinski definition) is 15. The minimum absolute atomic E-state index is 0.123. The number of nitrogens with two attached hydrogens (primary N) is 1. The number of aromatic nitrogens is 4. The van der Waals surface area contributed by atoms with Crippen LogP contribution in [0.15, 0.2) is 90.1 Å². The number of aryl methyl sites for hydroxylation is 2. The molecule has 4 saturated heterocycles. The molecule has 0 saturated carbocycles. The lowest BCUT2D eigenvalue weighted by Gasteiger charge is -2.47. The van der Waals surface area contributed by atoms with Gasteiger partial charge in [0.1, 0.15) is 41.4 Å². The van der Waals surface area contributed by atoms with Crippen LogP contribution in [-0.2, 0) is 27.1 Å². The first kappa shape index (κ1) is 51.8. The van der Waals surface area contributed by atoms with Crippen molar-refractivity contribution in [1.82, 2.24) is 29.7 Å². The number of thiophene rings is 1. The van der Waals surface area contributed by atoms with Crippen molar-refractivity contribution in [3.8, 4) is 34.8 Å². The lowest BCUT2D eigenvalue weighted by molar-refractivity contribution is -0.139. The minimum atomic E-state index is 0.123. The number of carbonyl (C=O) groups excluding carboxylic acids is 1. The van der Waals surface area contributed by atoms with Crippen LogP contribution < -0.4 is 24.7 Å². The molecule has 7 aromatic rings. The van der Waals surface area contributed by atoms with Crippen molar-refractivity contribution in [3.63, 3.8) is 0 Å². The summed E-state index contributed by atoms with van der Waals surface area (Å²) in [6.07, 6.45) is 10.6. The van der Waals surface area contributed by atoms with Crippen molar-refractivity contribution in [2.45, 2.75) is 65.2 Å². The second-order valence-corrected chi connectivity index (χ2v) is 22.0. The van der Waals surface area contributed by atoms with Gasteiger partial charge in [-0.05, 0) is 154 Å². The van der Waals surface area contributed by atoms with Gasteiger partial charge < -0.3 is 44.0 Å². The van der Waals surface area contributed by atoms with Gasteiger partial charge in [-0.3, -0.25) is 4.79 Å². The quantitative estimate of drug-likeness (QED) is 0.0639. The second-order valence-electron chi connectivity index (χ2n) is 20.4. The molecule has 17 heteroatoms. The van der Waals surface area contributed by atoms with E-state index in [4.69, 9.17) is 57.4 Å². The Morgan fingerprint density at radius 3 is 1.64 bits per heavy atom. The Labute approximate surface area is 446 Å². The number of halogens is 2. The molecule has 0 unspecified atom stereocenters. The molecular formula is C57H63Cl2N7O7S. The molecule has 4 aliphatic rings. The highest BCUT2D eigenvalue weighted by atomic mass is 35.5. The van der Waals surface area contributed by atoms with Gasteiger partial charge in [0.2, 0.25) is 11.8 Å². The van der Waals surface area contributed by atoms with E-state index in [0.29, 0.717) is 69.5 Å². The molecule has 0 amide bonds. The number of likely N-dealkylation sites (tertiary alicyclic amines) is 2. The zero-order chi connectivity index (χ0) is 51.1. The third-order valence-corrected chi connectivity index (χ3v) is 16.2. The maximum Gasteiger partial charge on any atom is 0.230 e. The van der Waals surface area contributed by atoms with Gasteiger partial charge in [0.15, 0.2) is 0 Å². The Kier molecular flexibility index (Phi) is 16.4. The maximum absolute atomic E-state index is 12.5. The van der Waals surface area contributed by atoms with Gasteiger partial charge in [-0.1, -0.05) is 29.3 Å². The van der Waals surface area contributed by atoms with Crippen LogP contribution in [-0.4, -0.2) is 114 Å². The number of nitrogen functional groups attached to an aromatic ring is 1. The molecular weight excluding hydrogens is 998 g/mol. The highest BCUT2D eigenvalue weighted by molar-refractivity contribution is 7.08. The van der Waals surface area contributed by atoms with Crippen molar-refractivity contribution in [1.29, 1.82) is 0 Å². The fourth-order valence-electron chi connectivity index (χ4n) is 10.0. The number of ketones is 1. The van der Waals surface area contributed by atoms with Crippen LogP contribution in [0.2, 0.25) is 10.0 Å². The molecule has 4 aromatic carbocycles. The molecule has 0 atom stereocenters. The molecule has 0 radical (unpaired) electrons. The predicted octanol–water partition coefficient (Wildman–Crippen LogP) is 11.5. The third-order valence-electron chi connectivity index (χ3n) is 14.8. The monoisotopic (exact) mass is 1060 g/mol. The number of nitrogens with zero attached hydrogens (tertiary/aromatic N) is 6. The number of fused-ring (bicyclic) bond motifs is 2. The summed E-state index contributed by atoms with van der Waals surface area (Å²) in [7, 11) is 0. The average molecular weight is 1060 g/mol. The number of hydrogen-bond donors (Lipinski definition) is 1. The van der Waals surface area contributed by atoms with E-state index in [1.54, 1.807) is 35.6 Å². The van der Waals surface area contributed by atoms with E-state index in [-0.39, 0.29) is 12.2 Å².